The van der Waals surface area contributed by atoms with Gasteiger partial charge < -0.3 is 20.4 Å². The first-order valence-electron chi connectivity index (χ1n) is 6.87. The van der Waals surface area contributed by atoms with Crippen LogP contribution in [-0.2, 0) is 0 Å². The van der Waals surface area contributed by atoms with Gasteiger partial charge in [-0.25, -0.2) is 0 Å². The van der Waals surface area contributed by atoms with Crippen LogP contribution in [0.2, 0.25) is 0 Å². The summed E-state index contributed by atoms with van der Waals surface area (Å²) in [5.74, 6) is 0. The highest BCUT2D eigenvalue weighted by Gasteiger charge is 2.00. The van der Waals surface area contributed by atoms with Gasteiger partial charge in [-0.2, -0.15) is 0 Å². The summed E-state index contributed by atoms with van der Waals surface area (Å²) in [6, 6.07) is 0. The average Bonchev–Trinajstić information content (AvgIpc) is 2.30. The number of rotatable bonds is 12. The first-order valence-corrected chi connectivity index (χ1v) is 6.87. The molecule has 0 heterocycles. The van der Waals surface area contributed by atoms with Gasteiger partial charge in [0.1, 0.15) is 0 Å². The van der Waals surface area contributed by atoms with Crippen LogP contribution in [0.5, 0.6) is 0 Å². The lowest BCUT2D eigenvalue weighted by molar-refractivity contribution is 0.274. The van der Waals surface area contributed by atoms with Crippen molar-refractivity contribution in [2.45, 2.75) is 19.3 Å². The molecule has 0 aliphatic rings. The van der Waals surface area contributed by atoms with E-state index in [4.69, 9.17) is 0 Å². The molecule has 0 aromatic carbocycles. The zero-order valence-corrected chi connectivity index (χ0v) is 12.3. The molecule has 0 amide bonds. The van der Waals surface area contributed by atoms with E-state index in [1.807, 2.05) is 14.1 Å². The fourth-order valence-electron chi connectivity index (χ4n) is 1.89. The van der Waals surface area contributed by atoms with Crippen LogP contribution in [0, 0.1) is 0 Å². The molecule has 17 heavy (non-hydrogen) atoms. The van der Waals surface area contributed by atoms with Crippen LogP contribution in [0.3, 0.4) is 0 Å². The van der Waals surface area contributed by atoms with Gasteiger partial charge in [0, 0.05) is 0 Å². The Morgan fingerprint density at radius 1 is 0.647 bits per heavy atom. The molecule has 0 fully saturated rings. The molecule has 0 atom stereocenters. The Labute approximate surface area is 108 Å². The summed E-state index contributed by atoms with van der Waals surface area (Å²) in [4.78, 5) is 4.86. The van der Waals surface area contributed by atoms with Crippen LogP contribution >= 0.6 is 0 Å². The molecule has 0 spiro atoms. The molecule has 0 saturated carbocycles. The Morgan fingerprint density at radius 2 is 1.00 bits per heavy atom. The summed E-state index contributed by atoms with van der Waals surface area (Å²) in [5, 5.41) is 6.37. The van der Waals surface area contributed by atoms with E-state index in [1.54, 1.807) is 0 Å². The van der Waals surface area contributed by atoms with Crippen LogP contribution in [0.25, 0.3) is 0 Å². The van der Waals surface area contributed by atoms with E-state index in [9.17, 15) is 0 Å². The predicted octanol–water partition coefficient (Wildman–Crippen LogP) is 0.459. The normalized spacial score (nSPS) is 11.6. The van der Waals surface area contributed by atoms with E-state index in [-0.39, 0.29) is 0 Å². The van der Waals surface area contributed by atoms with Crippen molar-refractivity contribution in [3.63, 3.8) is 0 Å². The fraction of sp³-hybridized carbons (Fsp3) is 1.00. The maximum atomic E-state index is 3.19. The summed E-state index contributed by atoms with van der Waals surface area (Å²) >= 11 is 0. The van der Waals surface area contributed by atoms with Crippen LogP contribution in [0.15, 0.2) is 0 Å². The highest BCUT2D eigenvalue weighted by molar-refractivity contribution is 4.57. The monoisotopic (exact) mass is 244 g/mol. The van der Waals surface area contributed by atoms with E-state index in [0.29, 0.717) is 0 Å². The van der Waals surface area contributed by atoms with Gasteiger partial charge in [-0.3, -0.25) is 0 Å². The number of hydrogen-bond donors (Lipinski definition) is 2. The summed E-state index contributed by atoms with van der Waals surface area (Å²) in [7, 11) is 8.47. The molecule has 4 heteroatoms. The van der Waals surface area contributed by atoms with Crippen LogP contribution in [-0.4, -0.2) is 77.3 Å². The Balaban J connectivity index is 3.29. The third-order valence-electron chi connectivity index (χ3n) is 3.01. The number of nitrogens with one attached hydrogen (secondary N) is 2. The maximum absolute atomic E-state index is 3.19. The standard InChI is InChI=1S/C13H32N4/c1-14-8-5-10-16(3)12-7-13-17(4)11-6-9-15-2/h14-15H,5-13H2,1-4H3. The molecule has 4 nitrogen and oxygen atoms in total. The SMILES string of the molecule is CNCCCN(C)CCCN(C)CCCNC. The van der Waals surface area contributed by atoms with Crippen molar-refractivity contribution in [2.75, 3.05) is 67.5 Å². The van der Waals surface area contributed by atoms with Gasteiger partial charge in [-0.05, 0) is 86.7 Å². The average molecular weight is 244 g/mol. The Kier molecular flexibility index (Phi) is 12.2. The lowest BCUT2D eigenvalue weighted by Crippen LogP contribution is -2.28. The Bertz CT molecular complexity index is 136. The van der Waals surface area contributed by atoms with Crippen LogP contribution in [0.4, 0.5) is 0 Å². The third-order valence-corrected chi connectivity index (χ3v) is 3.01. The smallest absolute Gasteiger partial charge is 0.000959 e. The molecule has 0 radical (unpaired) electrons. The molecular weight excluding hydrogens is 212 g/mol. The lowest BCUT2D eigenvalue weighted by Gasteiger charge is -2.20. The van der Waals surface area contributed by atoms with Gasteiger partial charge in [0.15, 0.2) is 0 Å². The van der Waals surface area contributed by atoms with Crippen molar-refractivity contribution < 1.29 is 0 Å². The van der Waals surface area contributed by atoms with Crippen LogP contribution in [0.1, 0.15) is 19.3 Å². The Morgan fingerprint density at radius 3 is 1.35 bits per heavy atom. The van der Waals surface area contributed by atoms with E-state index in [0.717, 1.165) is 13.1 Å². The van der Waals surface area contributed by atoms with Crippen molar-refractivity contribution in [1.29, 1.82) is 0 Å². The van der Waals surface area contributed by atoms with Crippen molar-refractivity contribution >= 4 is 0 Å². The van der Waals surface area contributed by atoms with Gasteiger partial charge in [0.25, 0.3) is 0 Å². The fourth-order valence-corrected chi connectivity index (χ4v) is 1.89. The van der Waals surface area contributed by atoms with Gasteiger partial charge in [-0.15, -0.1) is 0 Å². The second kappa shape index (κ2) is 12.3. The minimum atomic E-state index is 1.12. The molecule has 0 saturated heterocycles. The van der Waals surface area contributed by atoms with Crippen molar-refractivity contribution in [2.24, 2.45) is 0 Å². The number of nitrogens with zero attached hydrogens (tertiary/aromatic N) is 2. The van der Waals surface area contributed by atoms with Crippen molar-refractivity contribution in [3.05, 3.63) is 0 Å². The van der Waals surface area contributed by atoms with Gasteiger partial charge >= 0.3 is 0 Å². The van der Waals surface area contributed by atoms with E-state index < -0.39 is 0 Å². The molecule has 0 aromatic heterocycles. The second-order valence-electron chi connectivity index (χ2n) is 4.87. The highest BCUT2D eigenvalue weighted by Crippen LogP contribution is 1.94. The number of hydrogen-bond acceptors (Lipinski definition) is 4. The van der Waals surface area contributed by atoms with Gasteiger partial charge in [-0.1, -0.05) is 0 Å². The largest absolute Gasteiger partial charge is 0.320 e. The van der Waals surface area contributed by atoms with E-state index in [1.165, 1.54) is 45.4 Å². The zero-order valence-electron chi connectivity index (χ0n) is 12.3. The first kappa shape index (κ1) is 16.8. The third kappa shape index (κ3) is 12.1. The molecule has 0 bridgehead atoms. The maximum Gasteiger partial charge on any atom is -0.000959 e. The van der Waals surface area contributed by atoms with Crippen molar-refractivity contribution in [3.8, 4) is 0 Å². The molecule has 0 unspecified atom stereocenters. The quantitative estimate of drug-likeness (QED) is 0.488. The van der Waals surface area contributed by atoms with Crippen LogP contribution < -0.4 is 10.6 Å². The molecule has 0 rings (SSSR count). The summed E-state index contributed by atoms with van der Waals surface area (Å²) < 4.78 is 0. The minimum Gasteiger partial charge on any atom is -0.320 e. The second-order valence-corrected chi connectivity index (χ2v) is 4.87. The molecule has 104 valence electrons. The highest BCUT2D eigenvalue weighted by atomic mass is 15.1. The van der Waals surface area contributed by atoms with E-state index in [2.05, 4.69) is 34.5 Å². The van der Waals surface area contributed by atoms with Gasteiger partial charge in [0.05, 0.1) is 0 Å². The topological polar surface area (TPSA) is 30.5 Å². The predicted molar refractivity (Wildman–Crippen MR) is 76.7 cm³/mol. The summed E-state index contributed by atoms with van der Waals surface area (Å²) in [6.07, 6.45) is 3.75. The molecule has 0 aliphatic heterocycles. The molecular formula is C13H32N4. The lowest BCUT2D eigenvalue weighted by atomic mass is 10.3. The summed E-state index contributed by atoms with van der Waals surface area (Å²) in [6.45, 7) is 7.05. The summed E-state index contributed by atoms with van der Waals surface area (Å²) in [5.41, 5.74) is 0. The minimum absolute atomic E-state index is 1.12. The van der Waals surface area contributed by atoms with Gasteiger partial charge in [0.2, 0.25) is 0 Å². The first-order chi connectivity index (χ1) is 8.20. The van der Waals surface area contributed by atoms with Crippen molar-refractivity contribution in [1.82, 2.24) is 20.4 Å². The zero-order chi connectivity index (χ0) is 12.9. The molecule has 0 aromatic rings. The molecule has 2 N–H and O–H groups in total. The Hall–Kier alpha value is -0.160. The molecule has 0 aliphatic carbocycles. The van der Waals surface area contributed by atoms with E-state index >= 15 is 0 Å².